The van der Waals surface area contributed by atoms with Crippen molar-refractivity contribution in [1.82, 2.24) is 0 Å². The molecular formula is C11H21NO3. The van der Waals surface area contributed by atoms with E-state index in [9.17, 15) is 4.79 Å². The van der Waals surface area contributed by atoms with Gasteiger partial charge in [0.25, 0.3) is 0 Å². The number of aliphatic carboxylic acids is 1. The molecule has 0 aromatic rings. The number of rotatable bonds is 3. The molecule has 1 rings (SSSR count). The summed E-state index contributed by atoms with van der Waals surface area (Å²) in [5, 5.41) is 9.07. The zero-order valence-corrected chi connectivity index (χ0v) is 9.75. The average molecular weight is 215 g/mol. The van der Waals surface area contributed by atoms with Crippen molar-refractivity contribution in [2.24, 2.45) is 11.1 Å². The molecule has 2 unspecified atom stereocenters. The number of ether oxygens (including phenoxy) is 1. The Morgan fingerprint density at radius 3 is 2.60 bits per heavy atom. The maximum absolute atomic E-state index is 11.1. The first-order valence-corrected chi connectivity index (χ1v) is 5.46. The van der Waals surface area contributed by atoms with E-state index in [0.29, 0.717) is 19.4 Å². The number of carboxylic acids is 1. The van der Waals surface area contributed by atoms with E-state index in [2.05, 4.69) is 13.8 Å². The zero-order chi connectivity index (χ0) is 11.7. The van der Waals surface area contributed by atoms with Crippen molar-refractivity contribution in [1.29, 1.82) is 0 Å². The first-order chi connectivity index (χ1) is 6.82. The summed E-state index contributed by atoms with van der Waals surface area (Å²) >= 11 is 0. The third-order valence-corrected chi connectivity index (χ3v) is 3.43. The largest absolute Gasteiger partial charge is 0.480 e. The standard InChI is InChI=1S/C11H21NO3/c1-4-15-8-7-11(12,9(13)14)6-5-10(8,2)3/h8H,4-7,12H2,1-3H3,(H,13,14). The van der Waals surface area contributed by atoms with E-state index in [4.69, 9.17) is 15.6 Å². The van der Waals surface area contributed by atoms with E-state index >= 15 is 0 Å². The van der Waals surface area contributed by atoms with E-state index in [-0.39, 0.29) is 11.5 Å². The van der Waals surface area contributed by atoms with Crippen molar-refractivity contribution < 1.29 is 14.6 Å². The Bertz CT molecular complexity index is 252. The lowest BCUT2D eigenvalue weighted by Crippen LogP contribution is -2.57. The van der Waals surface area contributed by atoms with Crippen molar-refractivity contribution in [3.05, 3.63) is 0 Å². The summed E-state index contributed by atoms with van der Waals surface area (Å²) in [6.07, 6.45) is 1.67. The van der Waals surface area contributed by atoms with Gasteiger partial charge < -0.3 is 15.6 Å². The molecule has 0 saturated heterocycles. The fourth-order valence-corrected chi connectivity index (χ4v) is 2.10. The van der Waals surface area contributed by atoms with Crippen molar-refractivity contribution in [2.75, 3.05) is 6.61 Å². The summed E-state index contributed by atoms with van der Waals surface area (Å²) in [7, 11) is 0. The van der Waals surface area contributed by atoms with Crippen LogP contribution in [0.5, 0.6) is 0 Å². The van der Waals surface area contributed by atoms with Gasteiger partial charge in [0.05, 0.1) is 6.10 Å². The first-order valence-electron chi connectivity index (χ1n) is 5.46. The molecular weight excluding hydrogens is 194 g/mol. The summed E-state index contributed by atoms with van der Waals surface area (Å²) in [6.45, 7) is 6.73. The second kappa shape index (κ2) is 4.10. The number of hydrogen-bond acceptors (Lipinski definition) is 3. The van der Waals surface area contributed by atoms with Crippen LogP contribution in [0.15, 0.2) is 0 Å². The van der Waals surface area contributed by atoms with Gasteiger partial charge in [0.1, 0.15) is 5.54 Å². The van der Waals surface area contributed by atoms with Gasteiger partial charge >= 0.3 is 5.97 Å². The van der Waals surface area contributed by atoms with Crippen molar-refractivity contribution in [2.45, 2.75) is 51.7 Å². The van der Waals surface area contributed by atoms with Crippen LogP contribution in [0.2, 0.25) is 0 Å². The SMILES string of the molecule is CCOC1CC(N)(C(=O)O)CCC1(C)C. The molecule has 2 atom stereocenters. The Hall–Kier alpha value is -0.610. The van der Waals surface area contributed by atoms with Gasteiger partial charge in [-0.1, -0.05) is 13.8 Å². The minimum atomic E-state index is -1.10. The molecule has 0 aromatic heterocycles. The quantitative estimate of drug-likeness (QED) is 0.746. The summed E-state index contributed by atoms with van der Waals surface area (Å²) in [6, 6.07) is 0. The van der Waals surface area contributed by atoms with Gasteiger partial charge in [0, 0.05) is 13.0 Å². The molecule has 0 bridgehead atoms. The summed E-state index contributed by atoms with van der Waals surface area (Å²) in [5.74, 6) is -0.914. The number of carbonyl (C=O) groups is 1. The van der Waals surface area contributed by atoms with Crippen LogP contribution < -0.4 is 5.73 Å². The topological polar surface area (TPSA) is 72.5 Å². The molecule has 3 N–H and O–H groups in total. The van der Waals surface area contributed by atoms with E-state index in [1.165, 1.54) is 0 Å². The van der Waals surface area contributed by atoms with Crippen LogP contribution in [0.3, 0.4) is 0 Å². The molecule has 1 aliphatic carbocycles. The van der Waals surface area contributed by atoms with Crippen LogP contribution in [0.4, 0.5) is 0 Å². The van der Waals surface area contributed by atoms with Crippen LogP contribution in [-0.4, -0.2) is 29.3 Å². The fraction of sp³-hybridized carbons (Fsp3) is 0.909. The van der Waals surface area contributed by atoms with Gasteiger partial charge in [-0.25, -0.2) is 0 Å². The Kier molecular flexibility index (Phi) is 3.41. The van der Waals surface area contributed by atoms with E-state index in [1.807, 2.05) is 6.92 Å². The maximum atomic E-state index is 11.1. The summed E-state index contributed by atoms with van der Waals surface area (Å²) in [5.41, 5.74) is 4.78. The predicted molar refractivity (Wildman–Crippen MR) is 57.6 cm³/mol. The van der Waals surface area contributed by atoms with Crippen LogP contribution in [-0.2, 0) is 9.53 Å². The fourth-order valence-electron chi connectivity index (χ4n) is 2.10. The molecule has 4 nitrogen and oxygen atoms in total. The number of nitrogens with two attached hydrogens (primary N) is 1. The third kappa shape index (κ3) is 2.49. The average Bonchev–Trinajstić information content (AvgIpc) is 2.12. The van der Waals surface area contributed by atoms with Crippen molar-refractivity contribution in [3.63, 3.8) is 0 Å². The normalized spacial score (nSPS) is 35.1. The molecule has 0 heterocycles. The molecule has 0 radical (unpaired) electrons. The minimum Gasteiger partial charge on any atom is -0.480 e. The predicted octanol–water partition coefficient (Wildman–Crippen LogP) is 1.38. The van der Waals surface area contributed by atoms with Crippen molar-refractivity contribution in [3.8, 4) is 0 Å². The lowest BCUT2D eigenvalue weighted by Gasteiger charge is -2.44. The van der Waals surface area contributed by atoms with E-state index < -0.39 is 11.5 Å². The highest BCUT2D eigenvalue weighted by molar-refractivity contribution is 5.78. The molecule has 1 saturated carbocycles. The highest BCUT2D eigenvalue weighted by Crippen LogP contribution is 2.41. The molecule has 1 fully saturated rings. The molecule has 15 heavy (non-hydrogen) atoms. The second-order valence-corrected chi connectivity index (χ2v) is 5.10. The first kappa shape index (κ1) is 12.5. The Balaban J connectivity index is 2.78. The zero-order valence-electron chi connectivity index (χ0n) is 9.75. The molecule has 0 amide bonds. The van der Waals surface area contributed by atoms with Gasteiger partial charge in [0.15, 0.2) is 0 Å². The van der Waals surface area contributed by atoms with Crippen molar-refractivity contribution >= 4 is 5.97 Å². The molecule has 0 spiro atoms. The Morgan fingerprint density at radius 2 is 2.13 bits per heavy atom. The Morgan fingerprint density at radius 1 is 1.53 bits per heavy atom. The van der Waals surface area contributed by atoms with E-state index in [0.717, 1.165) is 6.42 Å². The maximum Gasteiger partial charge on any atom is 0.323 e. The monoisotopic (exact) mass is 215 g/mol. The van der Waals surface area contributed by atoms with Gasteiger partial charge in [-0.2, -0.15) is 0 Å². The number of hydrogen-bond donors (Lipinski definition) is 2. The van der Waals surface area contributed by atoms with Gasteiger partial charge in [-0.3, -0.25) is 4.79 Å². The Labute approximate surface area is 90.8 Å². The molecule has 0 aliphatic heterocycles. The van der Waals surface area contributed by atoms with Gasteiger partial charge in [-0.05, 0) is 25.2 Å². The molecule has 88 valence electrons. The number of carboxylic acid groups (broad SMARTS) is 1. The van der Waals surface area contributed by atoms with Gasteiger partial charge in [-0.15, -0.1) is 0 Å². The smallest absolute Gasteiger partial charge is 0.323 e. The van der Waals surface area contributed by atoms with Gasteiger partial charge in [0.2, 0.25) is 0 Å². The third-order valence-electron chi connectivity index (χ3n) is 3.43. The summed E-state index contributed by atoms with van der Waals surface area (Å²) in [4.78, 5) is 11.1. The van der Waals surface area contributed by atoms with E-state index in [1.54, 1.807) is 0 Å². The lowest BCUT2D eigenvalue weighted by atomic mass is 9.67. The lowest BCUT2D eigenvalue weighted by molar-refractivity contribution is -0.150. The molecule has 4 heteroatoms. The molecule has 0 aromatic carbocycles. The highest BCUT2D eigenvalue weighted by Gasteiger charge is 2.47. The highest BCUT2D eigenvalue weighted by atomic mass is 16.5. The van der Waals surface area contributed by atoms with Crippen LogP contribution >= 0.6 is 0 Å². The van der Waals surface area contributed by atoms with Crippen LogP contribution in [0, 0.1) is 5.41 Å². The second-order valence-electron chi connectivity index (χ2n) is 5.10. The van der Waals surface area contributed by atoms with Crippen LogP contribution in [0.25, 0.3) is 0 Å². The van der Waals surface area contributed by atoms with Crippen LogP contribution in [0.1, 0.15) is 40.0 Å². The summed E-state index contributed by atoms with van der Waals surface area (Å²) < 4.78 is 5.60. The minimum absolute atomic E-state index is 0.0222. The molecule has 1 aliphatic rings.